The molecule has 5 nitrogen and oxygen atoms in total. The van der Waals surface area contributed by atoms with E-state index in [1.54, 1.807) is 0 Å². The second-order valence-corrected chi connectivity index (χ2v) is 5.31. The van der Waals surface area contributed by atoms with E-state index in [2.05, 4.69) is 4.98 Å². The van der Waals surface area contributed by atoms with Gasteiger partial charge in [-0.1, -0.05) is 0 Å². The fourth-order valence-electron chi connectivity index (χ4n) is 1.57. The first-order chi connectivity index (χ1) is 7.10. The van der Waals surface area contributed by atoms with Crippen molar-refractivity contribution in [1.82, 2.24) is 13.3 Å². The zero-order chi connectivity index (χ0) is 10.9. The van der Waals surface area contributed by atoms with Gasteiger partial charge in [0.1, 0.15) is 12.5 Å². The average Bonchev–Trinajstić information content (AvgIpc) is 2.71. The molecule has 1 aliphatic heterocycles. The van der Waals surface area contributed by atoms with Gasteiger partial charge in [-0.25, -0.2) is 13.3 Å². The van der Waals surface area contributed by atoms with Crippen LogP contribution in [-0.2, 0) is 10.2 Å². The second kappa shape index (κ2) is 3.90. The minimum Gasteiger partial charge on any atom is -0.247 e. The highest BCUT2D eigenvalue weighted by molar-refractivity contribution is 7.87. The fraction of sp³-hybridized carbons (Fsp3) is 0.625. The topological polar surface area (TPSA) is 55.2 Å². The molecule has 1 aromatic rings. The first kappa shape index (κ1) is 10.6. The number of imidazole rings is 1. The monoisotopic (exact) mass is 233 g/mol. The third kappa shape index (κ3) is 2.03. The van der Waals surface area contributed by atoms with Crippen molar-refractivity contribution in [3.63, 3.8) is 0 Å². The molecule has 0 unspecified atom stereocenters. The summed E-state index contributed by atoms with van der Waals surface area (Å²) in [6, 6.07) is 0. The van der Waals surface area contributed by atoms with Gasteiger partial charge >= 0.3 is 10.2 Å². The Morgan fingerprint density at radius 2 is 2.00 bits per heavy atom. The molecule has 0 spiro atoms. The molecule has 0 N–H and O–H groups in total. The normalized spacial score (nSPS) is 20.6. The zero-order valence-electron chi connectivity index (χ0n) is 8.08. The summed E-state index contributed by atoms with van der Waals surface area (Å²) >= 11 is 0. The Morgan fingerprint density at radius 1 is 1.33 bits per heavy atom. The largest absolute Gasteiger partial charge is 0.308 e. The number of nitrogens with zero attached hydrogens (tertiary/aromatic N) is 3. The first-order valence-corrected chi connectivity index (χ1v) is 6.13. The first-order valence-electron chi connectivity index (χ1n) is 4.73. The number of rotatable bonds is 2. The van der Waals surface area contributed by atoms with Gasteiger partial charge in [0.25, 0.3) is 0 Å². The van der Waals surface area contributed by atoms with Gasteiger partial charge < -0.3 is 0 Å². The maximum atomic E-state index is 12.8. The zero-order valence-corrected chi connectivity index (χ0v) is 8.90. The van der Waals surface area contributed by atoms with Crippen LogP contribution < -0.4 is 0 Å². The van der Waals surface area contributed by atoms with Crippen LogP contribution in [0, 0.1) is 0 Å². The summed E-state index contributed by atoms with van der Waals surface area (Å²) in [7, 11) is -3.52. The molecule has 0 aromatic carbocycles. The number of aromatic nitrogens is 2. The second-order valence-electron chi connectivity index (χ2n) is 3.47. The van der Waals surface area contributed by atoms with Crippen LogP contribution in [0.2, 0.25) is 0 Å². The van der Waals surface area contributed by atoms with Gasteiger partial charge in [-0.3, -0.25) is 0 Å². The molecule has 0 radical (unpaired) electrons. The summed E-state index contributed by atoms with van der Waals surface area (Å²) in [6.07, 6.45) is 3.67. The van der Waals surface area contributed by atoms with Crippen molar-refractivity contribution < 1.29 is 12.8 Å². The van der Waals surface area contributed by atoms with Gasteiger partial charge in [-0.15, -0.1) is 0 Å². The Labute approximate surface area is 87.7 Å². The Bertz CT molecular complexity index is 409. The van der Waals surface area contributed by atoms with E-state index in [0.717, 1.165) is 3.97 Å². The molecule has 2 rings (SSSR count). The van der Waals surface area contributed by atoms with E-state index < -0.39 is 16.4 Å². The molecule has 2 heterocycles. The highest BCUT2D eigenvalue weighted by Gasteiger charge is 2.28. The standard InChI is InChI=1S/C8H12FN3O2S/c9-8-1-4-11(5-2-8)15(13,14)12-6-3-10-7-12/h3,6-8H,1-2,4-5H2. The lowest BCUT2D eigenvalue weighted by atomic mass is 10.1. The molecule has 1 saturated heterocycles. The molecule has 1 fully saturated rings. The Hall–Kier alpha value is -0.950. The lowest BCUT2D eigenvalue weighted by molar-refractivity contribution is 0.209. The maximum Gasteiger partial charge on any atom is 0.308 e. The predicted molar refractivity (Wildman–Crippen MR) is 52.2 cm³/mol. The molecule has 15 heavy (non-hydrogen) atoms. The van der Waals surface area contributed by atoms with Crippen molar-refractivity contribution in [2.75, 3.05) is 13.1 Å². The molecule has 0 bridgehead atoms. The van der Waals surface area contributed by atoms with E-state index in [9.17, 15) is 12.8 Å². The predicted octanol–water partition coefficient (Wildman–Crippen LogP) is 0.410. The van der Waals surface area contributed by atoms with Crippen LogP contribution in [0.3, 0.4) is 0 Å². The SMILES string of the molecule is O=S(=O)(N1CCC(F)CC1)n1ccnc1. The van der Waals surface area contributed by atoms with E-state index >= 15 is 0 Å². The van der Waals surface area contributed by atoms with Crippen molar-refractivity contribution in [3.05, 3.63) is 18.7 Å². The van der Waals surface area contributed by atoms with Gasteiger partial charge in [0, 0.05) is 25.5 Å². The van der Waals surface area contributed by atoms with Crippen LogP contribution in [0.15, 0.2) is 18.7 Å². The summed E-state index contributed by atoms with van der Waals surface area (Å²) in [6.45, 7) is 0.476. The molecule has 1 aliphatic rings. The van der Waals surface area contributed by atoms with Crippen LogP contribution in [0.25, 0.3) is 0 Å². The number of hydrogen-bond acceptors (Lipinski definition) is 3. The van der Waals surface area contributed by atoms with Gasteiger partial charge in [-0.2, -0.15) is 12.7 Å². The Kier molecular flexibility index (Phi) is 2.74. The highest BCUT2D eigenvalue weighted by atomic mass is 32.2. The van der Waals surface area contributed by atoms with Gasteiger partial charge in [0.05, 0.1) is 0 Å². The fourth-order valence-corrected chi connectivity index (χ4v) is 2.89. The molecular weight excluding hydrogens is 221 g/mol. The van der Waals surface area contributed by atoms with Crippen LogP contribution in [0.1, 0.15) is 12.8 Å². The van der Waals surface area contributed by atoms with Crippen LogP contribution in [-0.4, -0.2) is 40.9 Å². The van der Waals surface area contributed by atoms with Crippen molar-refractivity contribution in [2.45, 2.75) is 19.0 Å². The maximum absolute atomic E-state index is 12.8. The minimum absolute atomic E-state index is 0.238. The molecule has 0 aliphatic carbocycles. The number of halogens is 1. The van der Waals surface area contributed by atoms with E-state index in [4.69, 9.17) is 0 Å². The summed E-state index contributed by atoms with van der Waals surface area (Å²) in [5.74, 6) is 0. The van der Waals surface area contributed by atoms with E-state index in [1.807, 2.05) is 0 Å². The lowest BCUT2D eigenvalue weighted by Gasteiger charge is -2.27. The molecule has 0 amide bonds. The smallest absolute Gasteiger partial charge is 0.247 e. The third-order valence-corrected chi connectivity index (χ3v) is 4.22. The average molecular weight is 233 g/mol. The summed E-state index contributed by atoms with van der Waals surface area (Å²) in [5, 5.41) is 0. The summed E-state index contributed by atoms with van der Waals surface area (Å²) in [5.41, 5.74) is 0. The quantitative estimate of drug-likeness (QED) is 0.743. The lowest BCUT2D eigenvalue weighted by Crippen LogP contribution is -2.41. The Morgan fingerprint density at radius 3 is 2.53 bits per heavy atom. The Balaban J connectivity index is 2.17. The van der Waals surface area contributed by atoms with Crippen molar-refractivity contribution >= 4 is 10.2 Å². The summed E-state index contributed by atoms with van der Waals surface area (Å²) in [4.78, 5) is 3.68. The van der Waals surface area contributed by atoms with Crippen molar-refractivity contribution in [3.8, 4) is 0 Å². The van der Waals surface area contributed by atoms with E-state index in [1.165, 1.54) is 23.0 Å². The molecule has 0 atom stereocenters. The molecule has 1 aromatic heterocycles. The van der Waals surface area contributed by atoms with Gasteiger partial charge in [-0.05, 0) is 12.8 Å². The molecule has 7 heteroatoms. The van der Waals surface area contributed by atoms with Crippen molar-refractivity contribution in [1.29, 1.82) is 0 Å². The van der Waals surface area contributed by atoms with E-state index in [-0.39, 0.29) is 25.9 Å². The number of alkyl halides is 1. The molecule has 0 saturated carbocycles. The number of hydrogen-bond donors (Lipinski definition) is 0. The number of piperidine rings is 1. The molecule has 84 valence electrons. The van der Waals surface area contributed by atoms with Gasteiger partial charge in [0.15, 0.2) is 0 Å². The third-order valence-electron chi connectivity index (χ3n) is 2.46. The van der Waals surface area contributed by atoms with Crippen LogP contribution in [0.4, 0.5) is 4.39 Å². The van der Waals surface area contributed by atoms with Crippen LogP contribution >= 0.6 is 0 Å². The van der Waals surface area contributed by atoms with E-state index in [0.29, 0.717) is 0 Å². The summed E-state index contributed by atoms with van der Waals surface area (Å²) < 4.78 is 38.9. The minimum atomic E-state index is -3.52. The van der Waals surface area contributed by atoms with Crippen LogP contribution in [0.5, 0.6) is 0 Å². The van der Waals surface area contributed by atoms with Crippen molar-refractivity contribution in [2.24, 2.45) is 0 Å². The molecular formula is C8H12FN3O2S. The van der Waals surface area contributed by atoms with Gasteiger partial charge in [0.2, 0.25) is 0 Å². The highest BCUT2D eigenvalue weighted by Crippen LogP contribution is 2.17.